The van der Waals surface area contributed by atoms with Gasteiger partial charge >= 0.3 is 5.97 Å². The summed E-state index contributed by atoms with van der Waals surface area (Å²) in [6.45, 7) is 11.3. The van der Waals surface area contributed by atoms with Crippen molar-refractivity contribution in [3.63, 3.8) is 0 Å². The van der Waals surface area contributed by atoms with Crippen LogP contribution >= 0.6 is 0 Å². The van der Waals surface area contributed by atoms with Crippen LogP contribution in [0.3, 0.4) is 0 Å². The van der Waals surface area contributed by atoms with Crippen LogP contribution in [0.2, 0.25) is 0 Å². The minimum Gasteiger partial charge on any atom is -0.467 e. The van der Waals surface area contributed by atoms with E-state index in [-0.39, 0.29) is 5.91 Å². The molecule has 0 fully saturated rings. The lowest BCUT2D eigenvalue weighted by molar-refractivity contribution is -0.152. The second-order valence-corrected chi connectivity index (χ2v) is 5.25. The van der Waals surface area contributed by atoms with Crippen molar-refractivity contribution in [3.8, 4) is 0 Å². The van der Waals surface area contributed by atoms with Crippen molar-refractivity contribution in [2.45, 2.75) is 26.4 Å². The van der Waals surface area contributed by atoms with Gasteiger partial charge in [0.2, 0.25) is 5.91 Å². The topological polar surface area (TPSA) is 46.6 Å². The molecule has 0 radical (unpaired) electrons. The fourth-order valence-electron chi connectivity index (χ4n) is 2.15. The number of hydrogen-bond acceptors (Lipinski definition) is 3. The molecule has 4 nitrogen and oxygen atoms in total. The lowest BCUT2D eigenvalue weighted by atomic mass is 10.0. The molecule has 1 aromatic rings. The van der Waals surface area contributed by atoms with Crippen LogP contribution in [0.25, 0.3) is 0 Å². The van der Waals surface area contributed by atoms with Crippen molar-refractivity contribution in [2.75, 3.05) is 7.11 Å². The molecule has 0 aliphatic carbocycles. The predicted octanol–water partition coefficient (Wildman–Crippen LogP) is 2.96. The van der Waals surface area contributed by atoms with Gasteiger partial charge in [0.25, 0.3) is 0 Å². The van der Waals surface area contributed by atoms with Gasteiger partial charge in [-0.2, -0.15) is 0 Å². The Morgan fingerprint density at radius 2 is 1.91 bits per heavy atom. The van der Waals surface area contributed by atoms with E-state index in [9.17, 15) is 9.59 Å². The summed E-state index contributed by atoms with van der Waals surface area (Å²) >= 11 is 0. The molecular formula is C18H23NO3. The van der Waals surface area contributed by atoms with E-state index in [1.807, 2.05) is 30.3 Å². The third-order valence-electron chi connectivity index (χ3n) is 3.42. The smallest absolute Gasteiger partial charge is 0.332 e. The summed E-state index contributed by atoms with van der Waals surface area (Å²) < 4.78 is 4.84. The van der Waals surface area contributed by atoms with Gasteiger partial charge in [0.05, 0.1) is 13.0 Å². The van der Waals surface area contributed by atoms with Crippen molar-refractivity contribution in [3.05, 3.63) is 60.7 Å². The van der Waals surface area contributed by atoms with Crippen LogP contribution in [0.4, 0.5) is 0 Å². The molecule has 1 rings (SSSR count). The van der Waals surface area contributed by atoms with Crippen LogP contribution in [0.15, 0.2) is 55.1 Å². The molecule has 0 N–H and O–H groups in total. The lowest BCUT2D eigenvalue weighted by Crippen LogP contribution is -2.47. The van der Waals surface area contributed by atoms with Crippen LogP contribution in [-0.2, 0) is 20.9 Å². The first-order valence-corrected chi connectivity index (χ1v) is 7.12. The van der Waals surface area contributed by atoms with Crippen LogP contribution < -0.4 is 0 Å². The lowest BCUT2D eigenvalue weighted by Gasteiger charge is -2.32. The number of rotatable bonds is 7. The maximum Gasteiger partial charge on any atom is 0.332 e. The first-order chi connectivity index (χ1) is 10.4. The molecule has 0 aromatic heterocycles. The molecule has 0 saturated heterocycles. The normalized spacial score (nSPS) is 12.9. The van der Waals surface area contributed by atoms with Gasteiger partial charge in [0.1, 0.15) is 0 Å². The van der Waals surface area contributed by atoms with Crippen LogP contribution in [0, 0.1) is 5.92 Å². The van der Waals surface area contributed by atoms with E-state index in [4.69, 9.17) is 4.74 Å². The van der Waals surface area contributed by atoms with E-state index in [1.54, 1.807) is 19.9 Å². The average Bonchev–Trinajstić information content (AvgIpc) is 2.53. The molecule has 0 aliphatic rings. The number of carbonyl (C=O) groups is 2. The van der Waals surface area contributed by atoms with E-state index in [1.165, 1.54) is 12.0 Å². The number of benzene rings is 1. The molecule has 1 aromatic carbocycles. The number of carbonyl (C=O) groups excluding carboxylic acids is 2. The minimum absolute atomic E-state index is 0.183. The Morgan fingerprint density at radius 3 is 2.36 bits per heavy atom. The predicted molar refractivity (Wildman–Crippen MR) is 87.0 cm³/mol. The summed E-state index contributed by atoms with van der Waals surface area (Å²) in [7, 11) is 1.31. The molecule has 0 unspecified atom stereocenters. The molecule has 4 heteroatoms. The van der Waals surface area contributed by atoms with Gasteiger partial charge < -0.3 is 9.64 Å². The highest BCUT2D eigenvalue weighted by Crippen LogP contribution is 2.18. The van der Waals surface area contributed by atoms with Crippen LogP contribution in [0.5, 0.6) is 0 Å². The van der Waals surface area contributed by atoms with E-state index < -0.39 is 17.9 Å². The number of esters is 1. The van der Waals surface area contributed by atoms with Gasteiger partial charge in [0.15, 0.2) is 6.04 Å². The number of nitrogens with zero attached hydrogens (tertiary/aromatic N) is 1. The maximum absolute atomic E-state index is 12.7. The third-order valence-corrected chi connectivity index (χ3v) is 3.42. The Kier molecular flexibility index (Phi) is 6.57. The SMILES string of the molecule is C=C[C@@H](C)C(=O)N(Cc1ccccc1)[C@@H](C(=C)C)C(=O)OC. The Hall–Kier alpha value is -2.36. The molecule has 0 bridgehead atoms. The minimum atomic E-state index is -0.805. The summed E-state index contributed by atoms with van der Waals surface area (Å²) in [5, 5.41) is 0. The Labute approximate surface area is 132 Å². The summed E-state index contributed by atoms with van der Waals surface area (Å²) in [5.74, 6) is -1.07. The van der Waals surface area contributed by atoms with Crippen LogP contribution in [-0.4, -0.2) is 29.9 Å². The second-order valence-electron chi connectivity index (χ2n) is 5.25. The van der Waals surface area contributed by atoms with Gasteiger partial charge in [-0.3, -0.25) is 4.79 Å². The van der Waals surface area contributed by atoms with Crippen LogP contribution in [0.1, 0.15) is 19.4 Å². The Balaban J connectivity index is 3.19. The highest BCUT2D eigenvalue weighted by atomic mass is 16.5. The quantitative estimate of drug-likeness (QED) is 0.574. The van der Waals surface area contributed by atoms with Gasteiger partial charge in [-0.05, 0) is 18.1 Å². The third kappa shape index (κ3) is 4.32. The second kappa shape index (κ2) is 8.17. The summed E-state index contributed by atoms with van der Waals surface area (Å²) in [6, 6.07) is 8.70. The van der Waals surface area contributed by atoms with Crippen molar-refractivity contribution in [1.82, 2.24) is 4.90 Å². The Bertz CT molecular complexity index is 551. The van der Waals surface area contributed by atoms with Crippen molar-refractivity contribution in [1.29, 1.82) is 0 Å². The summed E-state index contributed by atoms with van der Waals surface area (Å²) in [5.41, 5.74) is 1.50. The highest BCUT2D eigenvalue weighted by Gasteiger charge is 2.32. The fraction of sp³-hybridized carbons (Fsp3) is 0.333. The molecule has 1 amide bonds. The van der Waals surface area contributed by atoms with Gasteiger partial charge in [-0.15, -0.1) is 6.58 Å². The van der Waals surface area contributed by atoms with Gasteiger partial charge in [-0.1, -0.05) is 49.9 Å². The average molecular weight is 301 g/mol. The standard InChI is InChI=1S/C18H23NO3/c1-6-14(4)17(20)19(12-15-10-8-7-9-11-15)16(13(2)3)18(21)22-5/h6-11,14,16H,1-2,12H2,3-5H3/t14-,16+/m1/s1. The van der Waals surface area contributed by atoms with Gasteiger partial charge in [0, 0.05) is 6.54 Å². The maximum atomic E-state index is 12.7. The summed E-state index contributed by atoms with van der Waals surface area (Å²) in [6.07, 6.45) is 1.56. The molecule has 0 heterocycles. The molecule has 22 heavy (non-hydrogen) atoms. The van der Waals surface area contributed by atoms with E-state index in [0.717, 1.165) is 5.56 Å². The molecular weight excluding hydrogens is 278 g/mol. The monoisotopic (exact) mass is 301 g/mol. The summed E-state index contributed by atoms with van der Waals surface area (Å²) in [4.78, 5) is 26.2. The molecule has 0 spiro atoms. The number of methoxy groups -OCH3 is 1. The molecule has 0 aliphatic heterocycles. The van der Waals surface area contributed by atoms with Crippen molar-refractivity contribution in [2.24, 2.45) is 5.92 Å². The Morgan fingerprint density at radius 1 is 1.32 bits per heavy atom. The largest absolute Gasteiger partial charge is 0.467 e. The zero-order valence-corrected chi connectivity index (χ0v) is 13.4. The van der Waals surface area contributed by atoms with Gasteiger partial charge in [-0.25, -0.2) is 4.79 Å². The first kappa shape index (κ1) is 17.7. The number of ether oxygens (including phenoxy) is 1. The molecule has 118 valence electrons. The van der Waals surface area contributed by atoms with Crippen molar-refractivity contribution >= 4 is 11.9 Å². The highest BCUT2D eigenvalue weighted by molar-refractivity contribution is 5.88. The number of amides is 1. The van der Waals surface area contributed by atoms with E-state index >= 15 is 0 Å². The zero-order valence-electron chi connectivity index (χ0n) is 13.4. The number of hydrogen-bond donors (Lipinski definition) is 0. The molecule has 0 saturated carbocycles. The van der Waals surface area contributed by atoms with Crippen molar-refractivity contribution < 1.29 is 14.3 Å². The molecule has 2 atom stereocenters. The first-order valence-electron chi connectivity index (χ1n) is 7.12. The van der Waals surface area contributed by atoms with E-state index in [0.29, 0.717) is 12.1 Å². The van der Waals surface area contributed by atoms with E-state index in [2.05, 4.69) is 13.2 Å². The fourth-order valence-corrected chi connectivity index (χ4v) is 2.15. The zero-order chi connectivity index (χ0) is 16.7.